The molecule has 7 heteroatoms. The van der Waals surface area contributed by atoms with Gasteiger partial charge in [0.25, 0.3) is 5.69 Å². The van der Waals surface area contributed by atoms with Crippen LogP contribution in [0, 0.1) is 10.1 Å². The third-order valence-electron chi connectivity index (χ3n) is 2.86. The maximum absolute atomic E-state index is 11.9. The smallest absolute Gasteiger partial charge is 0.374 e. The van der Waals surface area contributed by atoms with Crippen LogP contribution in [0.1, 0.15) is 30.3 Å². The molecule has 0 aliphatic carbocycles. The van der Waals surface area contributed by atoms with Crippen LogP contribution in [0.2, 0.25) is 0 Å². The van der Waals surface area contributed by atoms with Crippen molar-refractivity contribution in [2.24, 2.45) is 0 Å². The van der Waals surface area contributed by atoms with Gasteiger partial charge in [-0.05, 0) is 12.5 Å². The number of carbonyl (C=O) groups excluding carboxylic acids is 1. The Morgan fingerprint density at radius 1 is 1.38 bits per heavy atom. The summed E-state index contributed by atoms with van der Waals surface area (Å²) in [4.78, 5) is 33.7. The molecule has 0 amide bonds. The molecule has 0 aliphatic rings. The third kappa shape index (κ3) is 3.25. The number of benzene rings is 1. The van der Waals surface area contributed by atoms with Crippen molar-refractivity contribution in [3.8, 4) is 0 Å². The molecule has 0 saturated carbocycles. The summed E-state index contributed by atoms with van der Waals surface area (Å²) < 4.78 is 10.2. The molecular weight excluding hydrogens is 278 g/mol. The molecular formula is C14H13NO6. The fourth-order valence-corrected chi connectivity index (χ4v) is 1.74. The Balaban J connectivity index is 2.40. The molecule has 0 spiro atoms. The van der Waals surface area contributed by atoms with Crippen LogP contribution >= 0.6 is 0 Å². The molecule has 2 aromatic rings. The normalized spacial score (nSPS) is 10.5. The van der Waals surface area contributed by atoms with Gasteiger partial charge in [0.2, 0.25) is 5.76 Å². The van der Waals surface area contributed by atoms with Gasteiger partial charge >= 0.3 is 5.97 Å². The van der Waals surface area contributed by atoms with Crippen LogP contribution in [0.25, 0.3) is 11.0 Å². The van der Waals surface area contributed by atoms with E-state index in [0.29, 0.717) is 6.42 Å². The Morgan fingerprint density at radius 3 is 2.81 bits per heavy atom. The number of hydrogen-bond acceptors (Lipinski definition) is 6. The number of rotatable bonds is 5. The van der Waals surface area contributed by atoms with E-state index in [4.69, 9.17) is 9.15 Å². The highest BCUT2D eigenvalue weighted by Gasteiger charge is 2.15. The van der Waals surface area contributed by atoms with Crippen molar-refractivity contribution in [1.29, 1.82) is 0 Å². The number of nitro benzene ring substituents is 1. The molecule has 0 bridgehead atoms. The van der Waals surface area contributed by atoms with E-state index in [1.54, 1.807) is 0 Å². The topological polar surface area (TPSA) is 99.7 Å². The molecule has 1 heterocycles. The summed E-state index contributed by atoms with van der Waals surface area (Å²) in [6.07, 6.45) is 1.57. The van der Waals surface area contributed by atoms with Crippen molar-refractivity contribution in [2.75, 3.05) is 6.61 Å². The van der Waals surface area contributed by atoms with Crippen molar-refractivity contribution in [2.45, 2.75) is 19.8 Å². The van der Waals surface area contributed by atoms with Gasteiger partial charge in [-0.15, -0.1) is 0 Å². The summed E-state index contributed by atoms with van der Waals surface area (Å²) in [5, 5.41) is 10.9. The Kier molecular flexibility index (Phi) is 4.32. The molecule has 2 rings (SSSR count). The van der Waals surface area contributed by atoms with Crippen molar-refractivity contribution < 1.29 is 18.9 Å². The zero-order valence-electron chi connectivity index (χ0n) is 11.3. The predicted molar refractivity (Wildman–Crippen MR) is 74.3 cm³/mol. The molecule has 1 aromatic carbocycles. The van der Waals surface area contributed by atoms with Gasteiger partial charge in [-0.3, -0.25) is 14.9 Å². The third-order valence-corrected chi connectivity index (χ3v) is 2.86. The maximum atomic E-state index is 11.9. The van der Waals surface area contributed by atoms with Gasteiger partial charge in [0.1, 0.15) is 5.58 Å². The number of nitrogens with zero attached hydrogens (tertiary/aromatic N) is 1. The molecule has 7 nitrogen and oxygen atoms in total. The number of ether oxygens (including phenoxy) is 1. The largest absolute Gasteiger partial charge is 0.460 e. The lowest BCUT2D eigenvalue weighted by Crippen LogP contribution is -2.11. The molecule has 1 aromatic heterocycles. The summed E-state index contributed by atoms with van der Waals surface area (Å²) in [5.74, 6) is -1.02. The van der Waals surface area contributed by atoms with Crippen LogP contribution in [0.3, 0.4) is 0 Å². The van der Waals surface area contributed by atoms with Gasteiger partial charge < -0.3 is 9.15 Å². The van der Waals surface area contributed by atoms with E-state index in [9.17, 15) is 19.7 Å². The molecule has 0 atom stereocenters. The van der Waals surface area contributed by atoms with E-state index in [0.717, 1.165) is 18.6 Å². The fourth-order valence-electron chi connectivity index (χ4n) is 1.74. The average Bonchev–Trinajstić information content (AvgIpc) is 2.46. The van der Waals surface area contributed by atoms with E-state index in [-0.39, 0.29) is 29.0 Å². The number of carbonyl (C=O) groups is 1. The fraction of sp³-hybridized carbons (Fsp3) is 0.286. The lowest BCUT2D eigenvalue weighted by Gasteiger charge is -2.04. The van der Waals surface area contributed by atoms with Gasteiger partial charge in [-0.1, -0.05) is 13.3 Å². The molecule has 110 valence electrons. The molecule has 0 saturated heterocycles. The number of esters is 1. The highest BCUT2D eigenvalue weighted by Crippen LogP contribution is 2.19. The first-order valence-corrected chi connectivity index (χ1v) is 6.42. The summed E-state index contributed by atoms with van der Waals surface area (Å²) in [6.45, 7) is 2.18. The van der Waals surface area contributed by atoms with Crippen LogP contribution < -0.4 is 5.43 Å². The van der Waals surface area contributed by atoms with Crippen molar-refractivity contribution >= 4 is 22.6 Å². The summed E-state index contributed by atoms with van der Waals surface area (Å²) >= 11 is 0. The first-order chi connectivity index (χ1) is 10.0. The standard InChI is InChI=1S/C14H13NO6/c1-2-3-6-20-14(17)13-8-11(16)10-5-4-9(15(18)19)7-12(10)21-13/h4-5,7-8H,2-3,6H2,1H3. The molecule has 0 aliphatic heterocycles. The van der Waals surface area contributed by atoms with Gasteiger partial charge in [0.15, 0.2) is 5.43 Å². The van der Waals surface area contributed by atoms with Crippen molar-refractivity contribution in [3.63, 3.8) is 0 Å². The molecule has 0 N–H and O–H groups in total. The summed E-state index contributed by atoms with van der Waals surface area (Å²) in [7, 11) is 0. The highest BCUT2D eigenvalue weighted by atomic mass is 16.6. The first-order valence-electron chi connectivity index (χ1n) is 6.42. The second-order valence-electron chi connectivity index (χ2n) is 4.40. The van der Waals surface area contributed by atoms with Crippen LogP contribution in [0.5, 0.6) is 0 Å². The number of unbranched alkanes of at least 4 members (excludes halogenated alkanes) is 1. The average molecular weight is 291 g/mol. The zero-order valence-corrected chi connectivity index (χ0v) is 11.3. The second kappa shape index (κ2) is 6.17. The van der Waals surface area contributed by atoms with Crippen LogP contribution in [-0.4, -0.2) is 17.5 Å². The summed E-state index contributed by atoms with van der Waals surface area (Å²) in [5.41, 5.74) is -0.685. The predicted octanol–water partition coefficient (Wildman–Crippen LogP) is 2.66. The van der Waals surface area contributed by atoms with E-state index in [1.165, 1.54) is 12.1 Å². The van der Waals surface area contributed by atoms with Gasteiger partial charge in [0, 0.05) is 12.1 Å². The number of non-ortho nitro benzene ring substituents is 1. The zero-order chi connectivity index (χ0) is 15.4. The Bertz CT molecular complexity index is 749. The number of nitro groups is 1. The Labute approximate surface area is 119 Å². The number of fused-ring (bicyclic) bond motifs is 1. The SMILES string of the molecule is CCCCOC(=O)c1cc(=O)c2ccc([N+](=O)[O-])cc2o1. The Morgan fingerprint density at radius 2 is 2.14 bits per heavy atom. The summed E-state index contributed by atoms with van der Waals surface area (Å²) in [6, 6.07) is 4.64. The van der Waals surface area contributed by atoms with Gasteiger partial charge in [-0.2, -0.15) is 0 Å². The monoisotopic (exact) mass is 291 g/mol. The van der Waals surface area contributed by atoms with Gasteiger partial charge in [-0.25, -0.2) is 4.79 Å². The van der Waals surface area contributed by atoms with E-state index in [2.05, 4.69) is 0 Å². The Hall–Kier alpha value is -2.70. The second-order valence-corrected chi connectivity index (χ2v) is 4.40. The van der Waals surface area contributed by atoms with Crippen molar-refractivity contribution in [3.05, 3.63) is 50.4 Å². The van der Waals surface area contributed by atoms with E-state index >= 15 is 0 Å². The molecule has 0 unspecified atom stereocenters. The lowest BCUT2D eigenvalue weighted by atomic mass is 10.2. The van der Waals surface area contributed by atoms with Crippen LogP contribution in [-0.2, 0) is 4.74 Å². The number of hydrogen-bond donors (Lipinski definition) is 0. The van der Waals surface area contributed by atoms with Gasteiger partial charge in [0.05, 0.1) is 23.0 Å². The quantitative estimate of drug-likeness (QED) is 0.363. The van der Waals surface area contributed by atoms with E-state index < -0.39 is 16.3 Å². The minimum absolute atomic E-state index is 0.0147. The first kappa shape index (κ1) is 14.7. The molecule has 0 fully saturated rings. The maximum Gasteiger partial charge on any atom is 0.374 e. The minimum atomic E-state index is -0.756. The molecule has 21 heavy (non-hydrogen) atoms. The van der Waals surface area contributed by atoms with Crippen molar-refractivity contribution in [1.82, 2.24) is 0 Å². The van der Waals surface area contributed by atoms with Crippen LogP contribution in [0.4, 0.5) is 5.69 Å². The lowest BCUT2D eigenvalue weighted by molar-refractivity contribution is -0.384. The van der Waals surface area contributed by atoms with E-state index in [1.807, 2.05) is 6.92 Å². The minimum Gasteiger partial charge on any atom is -0.460 e. The molecule has 0 radical (unpaired) electrons. The highest BCUT2D eigenvalue weighted by molar-refractivity contribution is 5.89. The van der Waals surface area contributed by atoms with Crippen LogP contribution in [0.15, 0.2) is 33.5 Å².